The first-order valence-corrected chi connectivity index (χ1v) is 3.53. The van der Waals surface area contributed by atoms with Gasteiger partial charge in [0, 0.05) is 7.05 Å². The number of allylic oxidation sites excluding steroid dienone is 2. The summed E-state index contributed by atoms with van der Waals surface area (Å²) in [5.74, 6) is 0. The van der Waals surface area contributed by atoms with E-state index < -0.39 is 0 Å². The minimum Gasteiger partial charge on any atom is -0.404 e. The summed E-state index contributed by atoms with van der Waals surface area (Å²) in [5, 5.41) is 2.86. The van der Waals surface area contributed by atoms with Crippen LogP contribution in [0.2, 0.25) is 0 Å². The van der Waals surface area contributed by atoms with Gasteiger partial charge in [0.05, 0.1) is 0 Å². The van der Waals surface area contributed by atoms with Crippen LogP contribution in [0.3, 0.4) is 0 Å². The second-order valence-electron chi connectivity index (χ2n) is 1.53. The topological polar surface area (TPSA) is 38.0 Å². The standard InChI is InChI=1S/C6H12N2.C2H6/c1-6(5-7)3-4-8-2;1-2/h3-5,8H,7H2,1-2H3;1-2H3/b4-3-,6-5-;. The van der Waals surface area contributed by atoms with E-state index in [1.165, 1.54) is 0 Å². The molecule has 0 aliphatic carbocycles. The average Bonchev–Trinajstić information content (AvgIpc) is 2.04. The molecule has 0 saturated carbocycles. The second-order valence-corrected chi connectivity index (χ2v) is 1.53. The molecule has 0 aliphatic heterocycles. The third-order valence-electron chi connectivity index (χ3n) is 0.776. The van der Waals surface area contributed by atoms with Crippen LogP contribution in [0.1, 0.15) is 20.8 Å². The molecule has 60 valence electrons. The lowest BCUT2D eigenvalue weighted by atomic mass is 10.3. The minimum atomic E-state index is 1.05. The van der Waals surface area contributed by atoms with E-state index in [2.05, 4.69) is 5.32 Å². The van der Waals surface area contributed by atoms with Crippen LogP contribution < -0.4 is 11.1 Å². The Bertz CT molecular complexity index is 104. The van der Waals surface area contributed by atoms with E-state index >= 15 is 0 Å². The normalized spacial score (nSPS) is 10.6. The molecule has 0 amide bonds. The highest BCUT2D eigenvalue weighted by Gasteiger charge is 1.72. The lowest BCUT2D eigenvalue weighted by Gasteiger charge is -1.86. The Morgan fingerprint density at radius 3 is 2.20 bits per heavy atom. The molecule has 0 heterocycles. The molecule has 0 atom stereocenters. The minimum absolute atomic E-state index is 1.05. The highest BCUT2D eigenvalue weighted by atomic mass is 14.8. The zero-order chi connectivity index (χ0) is 8.41. The molecule has 0 aromatic heterocycles. The molecule has 0 bridgehead atoms. The van der Waals surface area contributed by atoms with Crippen molar-refractivity contribution in [2.75, 3.05) is 7.05 Å². The molecular weight excluding hydrogens is 124 g/mol. The van der Waals surface area contributed by atoms with Crippen LogP contribution in [0, 0.1) is 0 Å². The number of nitrogens with one attached hydrogen (secondary N) is 1. The fourth-order valence-corrected chi connectivity index (χ4v) is 0.270. The molecular formula is C8H18N2. The fourth-order valence-electron chi connectivity index (χ4n) is 0.270. The molecule has 0 aromatic rings. The van der Waals surface area contributed by atoms with Crippen molar-refractivity contribution in [3.63, 3.8) is 0 Å². The lowest BCUT2D eigenvalue weighted by molar-refractivity contribution is 1.10. The highest BCUT2D eigenvalue weighted by Crippen LogP contribution is 1.87. The van der Waals surface area contributed by atoms with Gasteiger partial charge in [0.15, 0.2) is 0 Å². The molecule has 0 rings (SSSR count). The number of hydrogen-bond donors (Lipinski definition) is 2. The quantitative estimate of drug-likeness (QED) is 0.575. The zero-order valence-electron chi connectivity index (χ0n) is 7.31. The van der Waals surface area contributed by atoms with Gasteiger partial charge < -0.3 is 11.1 Å². The molecule has 0 saturated heterocycles. The van der Waals surface area contributed by atoms with E-state index in [1.54, 1.807) is 6.20 Å². The molecule has 2 heteroatoms. The first kappa shape index (κ1) is 11.8. The van der Waals surface area contributed by atoms with Crippen LogP contribution in [0.4, 0.5) is 0 Å². The van der Waals surface area contributed by atoms with E-state index in [4.69, 9.17) is 5.73 Å². The molecule has 0 aliphatic rings. The van der Waals surface area contributed by atoms with Crippen LogP contribution in [0.25, 0.3) is 0 Å². The summed E-state index contributed by atoms with van der Waals surface area (Å²) in [6, 6.07) is 0. The van der Waals surface area contributed by atoms with E-state index in [1.807, 2.05) is 40.1 Å². The van der Waals surface area contributed by atoms with Gasteiger partial charge in [-0.2, -0.15) is 0 Å². The molecule has 3 N–H and O–H groups in total. The first-order chi connectivity index (χ1) is 4.81. The van der Waals surface area contributed by atoms with Crippen molar-refractivity contribution in [2.45, 2.75) is 20.8 Å². The van der Waals surface area contributed by atoms with Gasteiger partial charge in [0.25, 0.3) is 0 Å². The van der Waals surface area contributed by atoms with Crippen molar-refractivity contribution in [2.24, 2.45) is 5.73 Å². The van der Waals surface area contributed by atoms with Crippen LogP contribution >= 0.6 is 0 Å². The molecule has 10 heavy (non-hydrogen) atoms. The van der Waals surface area contributed by atoms with Gasteiger partial charge in [-0.05, 0) is 31.0 Å². The van der Waals surface area contributed by atoms with E-state index in [9.17, 15) is 0 Å². The highest BCUT2D eigenvalue weighted by molar-refractivity contribution is 5.13. The summed E-state index contributed by atoms with van der Waals surface area (Å²) in [5.41, 5.74) is 6.23. The summed E-state index contributed by atoms with van der Waals surface area (Å²) < 4.78 is 0. The Morgan fingerprint density at radius 1 is 1.40 bits per heavy atom. The maximum absolute atomic E-state index is 5.17. The van der Waals surface area contributed by atoms with Gasteiger partial charge in [-0.15, -0.1) is 0 Å². The average molecular weight is 142 g/mol. The van der Waals surface area contributed by atoms with Gasteiger partial charge in [0.1, 0.15) is 0 Å². The van der Waals surface area contributed by atoms with Gasteiger partial charge in [-0.3, -0.25) is 0 Å². The Kier molecular flexibility index (Phi) is 13.0. The van der Waals surface area contributed by atoms with Crippen molar-refractivity contribution in [3.8, 4) is 0 Å². The van der Waals surface area contributed by atoms with Gasteiger partial charge in [0.2, 0.25) is 0 Å². The SMILES string of the molecule is CC.CN/C=C\C(C)=C/N. The smallest absolute Gasteiger partial charge is 0.00277 e. The van der Waals surface area contributed by atoms with Crippen molar-refractivity contribution in [1.29, 1.82) is 0 Å². The number of nitrogens with two attached hydrogens (primary N) is 1. The van der Waals surface area contributed by atoms with E-state index in [-0.39, 0.29) is 0 Å². The largest absolute Gasteiger partial charge is 0.404 e. The Labute approximate surface area is 63.8 Å². The van der Waals surface area contributed by atoms with E-state index in [0.29, 0.717) is 0 Å². The Balaban J connectivity index is 0. The summed E-state index contributed by atoms with van der Waals surface area (Å²) in [7, 11) is 1.85. The maximum atomic E-state index is 5.17. The predicted octanol–water partition coefficient (Wildman–Crippen LogP) is 1.61. The molecule has 0 radical (unpaired) electrons. The predicted molar refractivity (Wildman–Crippen MR) is 47.5 cm³/mol. The monoisotopic (exact) mass is 142 g/mol. The summed E-state index contributed by atoms with van der Waals surface area (Å²) in [6.45, 7) is 5.94. The van der Waals surface area contributed by atoms with Gasteiger partial charge in [-0.1, -0.05) is 13.8 Å². The number of hydrogen-bond acceptors (Lipinski definition) is 2. The summed E-state index contributed by atoms with van der Waals surface area (Å²) in [4.78, 5) is 0. The van der Waals surface area contributed by atoms with Crippen molar-refractivity contribution >= 4 is 0 Å². The molecule has 0 fully saturated rings. The van der Waals surface area contributed by atoms with Crippen molar-refractivity contribution < 1.29 is 0 Å². The van der Waals surface area contributed by atoms with Gasteiger partial charge in [-0.25, -0.2) is 0 Å². The van der Waals surface area contributed by atoms with Crippen molar-refractivity contribution in [1.82, 2.24) is 5.32 Å². The van der Waals surface area contributed by atoms with Crippen LogP contribution in [-0.2, 0) is 0 Å². The van der Waals surface area contributed by atoms with Gasteiger partial charge >= 0.3 is 0 Å². The second kappa shape index (κ2) is 11.0. The fraction of sp³-hybridized carbons (Fsp3) is 0.500. The zero-order valence-corrected chi connectivity index (χ0v) is 7.31. The molecule has 0 spiro atoms. The lowest BCUT2D eigenvalue weighted by Crippen LogP contribution is -1.91. The third-order valence-corrected chi connectivity index (χ3v) is 0.776. The first-order valence-electron chi connectivity index (χ1n) is 3.53. The van der Waals surface area contributed by atoms with E-state index in [0.717, 1.165) is 5.57 Å². The Hall–Kier alpha value is -0.920. The molecule has 2 nitrogen and oxygen atoms in total. The van der Waals surface area contributed by atoms with Crippen LogP contribution in [-0.4, -0.2) is 7.05 Å². The summed E-state index contributed by atoms with van der Waals surface area (Å²) in [6.07, 6.45) is 5.30. The molecule has 0 aromatic carbocycles. The Morgan fingerprint density at radius 2 is 1.90 bits per heavy atom. The maximum Gasteiger partial charge on any atom is 0.00277 e. The summed E-state index contributed by atoms with van der Waals surface area (Å²) >= 11 is 0. The van der Waals surface area contributed by atoms with Crippen molar-refractivity contribution in [3.05, 3.63) is 24.0 Å². The third kappa shape index (κ3) is 10.1. The number of rotatable bonds is 2. The molecule has 0 unspecified atom stereocenters. The van der Waals surface area contributed by atoms with Crippen LogP contribution in [0.15, 0.2) is 24.0 Å². The van der Waals surface area contributed by atoms with Crippen LogP contribution in [0.5, 0.6) is 0 Å².